The summed E-state index contributed by atoms with van der Waals surface area (Å²) in [7, 11) is 1.99. The SMILES string of the molecule is CC(C)=NN=c1scc(-c2ccc(Cl)cc2)n1C. The number of hydrogen-bond donors (Lipinski definition) is 0. The molecule has 0 saturated carbocycles. The Morgan fingerprint density at radius 2 is 1.89 bits per heavy atom. The van der Waals surface area contributed by atoms with Crippen molar-refractivity contribution in [3.63, 3.8) is 0 Å². The largest absolute Gasteiger partial charge is 0.318 e. The summed E-state index contributed by atoms with van der Waals surface area (Å²) < 4.78 is 2.03. The second-order valence-corrected chi connectivity index (χ2v) is 5.39. The Morgan fingerprint density at radius 3 is 2.50 bits per heavy atom. The number of hydrogen-bond acceptors (Lipinski definition) is 3. The Labute approximate surface area is 115 Å². The zero-order chi connectivity index (χ0) is 13.1. The smallest absolute Gasteiger partial charge is 0.210 e. The molecule has 0 amide bonds. The lowest BCUT2D eigenvalue weighted by Crippen LogP contribution is -2.10. The minimum atomic E-state index is 0.743. The van der Waals surface area contributed by atoms with Crippen molar-refractivity contribution in [1.82, 2.24) is 4.57 Å². The highest BCUT2D eigenvalue weighted by atomic mass is 35.5. The maximum Gasteiger partial charge on any atom is 0.210 e. The number of aromatic nitrogens is 1. The van der Waals surface area contributed by atoms with Gasteiger partial charge >= 0.3 is 0 Å². The first-order chi connectivity index (χ1) is 8.58. The van der Waals surface area contributed by atoms with Crippen LogP contribution in [0.3, 0.4) is 0 Å². The Kier molecular flexibility index (Phi) is 3.99. The summed E-state index contributed by atoms with van der Waals surface area (Å²) in [6.07, 6.45) is 0. The van der Waals surface area contributed by atoms with Crippen molar-refractivity contribution in [2.45, 2.75) is 13.8 Å². The molecule has 5 heteroatoms. The summed E-state index contributed by atoms with van der Waals surface area (Å²) in [6.45, 7) is 3.86. The van der Waals surface area contributed by atoms with Crippen molar-refractivity contribution >= 4 is 28.6 Å². The molecule has 1 aromatic carbocycles. The molecule has 0 spiro atoms. The molecule has 0 bridgehead atoms. The van der Waals surface area contributed by atoms with Crippen LogP contribution < -0.4 is 4.80 Å². The summed E-state index contributed by atoms with van der Waals surface area (Å²) in [5, 5.41) is 11.1. The second-order valence-electron chi connectivity index (χ2n) is 4.12. The van der Waals surface area contributed by atoms with E-state index in [0.29, 0.717) is 0 Å². The van der Waals surface area contributed by atoms with Crippen LogP contribution in [-0.4, -0.2) is 10.3 Å². The van der Waals surface area contributed by atoms with E-state index < -0.39 is 0 Å². The van der Waals surface area contributed by atoms with E-state index in [-0.39, 0.29) is 0 Å². The molecule has 2 aromatic rings. The second kappa shape index (κ2) is 5.50. The van der Waals surface area contributed by atoms with Crippen LogP contribution in [0.25, 0.3) is 11.3 Å². The Balaban J connectivity index is 2.46. The van der Waals surface area contributed by atoms with E-state index in [1.807, 2.05) is 49.7 Å². The van der Waals surface area contributed by atoms with E-state index in [1.165, 1.54) is 0 Å². The fraction of sp³-hybridized carbons (Fsp3) is 0.231. The van der Waals surface area contributed by atoms with Crippen molar-refractivity contribution in [1.29, 1.82) is 0 Å². The van der Waals surface area contributed by atoms with Crippen molar-refractivity contribution in [2.75, 3.05) is 0 Å². The van der Waals surface area contributed by atoms with Crippen LogP contribution in [0.1, 0.15) is 13.8 Å². The maximum atomic E-state index is 5.89. The zero-order valence-corrected chi connectivity index (χ0v) is 12.1. The molecule has 0 unspecified atom stereocenters. The van der Waals surface area contributed by atoms with E-state index in [2.05, 4.69) is 15.6 Å². The van der Waals surface area contributed by atoms with Gasteiger partial charge in [-0.2, -0.15) is 5.10 Å². The normalized spacial score (nSPS) is 11.7. The number of benzene rings is 1. The molecule has 94 valence electrons. The van der Waals surface area contributed by atoms with Crippen molar-refractivity contribution in [2.24, 2.45) is 17.3 Å². The minimum absolute atomic E-state index is 0.743. The Hall–Kier alpha value is -1.39. The van der Waals surface area contributed by atoms with Gasteiger partial charge in [0.05, 0.1) is 5.69 Å². The average Bonchev–Trinajstić information content (AvgIpc) is 2.69. The van der Waals surface area contributed by atoms with Crippen LogP contribution >= 0.6 is 22.9 Å². The molecule has 2 rings (SSSR count). The third-order valence-electron chi connectivity index (χ3n) is 2.40. The van der Waals surface area contributed by atoms with Crippen LogP contribution in [0.4, 0.5) is 0 Å². The molecule has 0 aliphatic carbocycles. The van der Waals surface area contributed by atoms with Crippen molar-refractivity contribution in [3.05, 3.63) is 39.5 Å². The molecule has 0 radical (unpaired) electrons. The lowest BCUT2D eigenvalue weighted by molar-refractivity contribution is 0.862. The first kappa shape index (κ1) is 13.1. The quantitative estimate of drug-likeness (QED) is 0.593. The summed E-state index contributed by atoms with van der Waals surface area (Å²) in [5.74, 6) is 0. The minimum Gasteiger partial charge on any atom is -0.318 e. The van der Waals surface area contributed by atoms with Gasteiger partial charge in [-0.1, -0.05) is 23.7 Å². The highest BCUT2D eigenvalue weighted by Gasteiger charge is 2.04. The molecule has 0 N–H and O–H groups in total. The summed E-state index contributed by atoms with van der Waals surface area (Å²) >= 11 is 7.46. The van der Waals surface area contributed by atoms with E-state index in [1.54, 1.807) is 11.3 Å². The van der Waals surface area contributed by atoms with Gasteiger partial charge in [-0.25, -0.2) is 0 Å². The third kappa shape index (κ3) is 2.89. The van der Waals surface area contributed by atoms with Gasteiger partial charge in [0.25, 0.3) is 0 Å². The van der Waals surface area contributed by atoms with Gasteiger partial charge in [-0.3, -0.25) is 0 Å². The summed E-state index contributed by atoms with van der Waals surface area (Å²) in [4.78, 5) is 0.876. The molecule has 0 fully saturated rings. The monoisotopic (exact) mass is 279 g/mol. The van der Waals surface area contributed by atoms with Gasteiger partial charge in [0.1, 0.15) is 0 Å². The number of thiazole rings is 1. The summed E-state index contributed by atoms with van der Waals surface area (Å²) in [6, 6.07) is 7.78. The molecule has 0 saturated heterocycles. The van der Waals surface area contributed by atoms with Gasteiger partial charge in [0, 0.05) is 23.2 Å². The van der Waals surface area contributed by atoms with Crippen LogP contribution in [0.2, 0.25) is 5.02 Å². The maximum absolute atomic E-state index is 5.89. The van der Waals surface area contributed by atoms with Crippen molar-refractivity contribution in [3.8, 4) is 11.3 Å². The molecule has 0 atom stereocenters. The molecular weight excluding hydrogens is 266 g/mol. The van der Waals surface area contributed by atoms with E-state index in [9.17, 15) is 0 Å². The number of rotatable bonds is 2. The molecule has 1 heterocycles. The number of nitrogens with zero attached hydrogens (tertiary/aromatic N) is 3. The van der Waals surface area contributed by atoms with Gasteiger partial charge in [0.2, 0.25) is 4.80 Å². The third-order valence-corrected chi connectivity index (χ3v) is 3.56. The zero-order valence-electron chi connectivity index (χ0n) is 10.5. The van der Waals surface area contributed by atoms with Crippen LogP contribution in [0.5, 0.6) is 0 Å². The standard InChI is InChI=1S/C13H14ClN3S/c1-9(2)15-16-13-17(3)12(8-18-13)10-4-6-11(14)7-5-10/h4-8H,1-3H3. The molecule has 3 nitrogen and oxygen atoms in total. The fourth-order valence-corrected chi connectivity index (χ4v) is 2.47. The Bertz CT molecular complexity index is 631. The predicted octanol–water partition coefficient (Wildman–Crippen LogP) is 3.70. The van der Waals surface area contributed by atoms with Gasteiger partial charge in [-0.15, -0.1) is 16.4 Å². The van der Waals surface area contributed by atoms with E-state index in [0.717, 1.165) is 26.8 Å². The van der Waals surface area contributed by atoms with E-state index in [4.69, 9.17) is 11.6 Å². The fourth-order valence-electron chi connectivity index (χ4n) is 1.49. The van der Waals surface area contributed by atoms with Crippen molar-refractivity contribution < 1.29 is 0 Å². The average molecular weight is 280 g/mol. The topological polar surface area (TPSA) is 29.6 Å². The lowest BCUT2D eigenvalue weighted by atomic mass is 10.2. The Morgan fingerprint density at radius 1 is 1.22 bits per heavy atom. The lowest BCUT2D eigenvalue weighted by Gasteiger charge is -2.02. The highest BCUT2D eigenvalue weighted by Crippen LogP contribution is 2.21. The van der Waals surface area contributed by atoms with Crippen LogP contribution in [0.15, 0.2) is 39.8 Å². The highest BCUT2D eigenvalue weighted by molar-refractivity contribution is 7.07. The molecule has 0 aliphatic rings. The summed E-state index contributed by atoms with van der Waals surface area (Å²) in [5.41, 5.74) is 3.17. The molecule has 0 aliphatic heterocycles. The van der Waals surface area contributed by atoms with Gasteiger partial charge in [-0.05, 0) is 31.5 Å². The van der Waals surface area contributed by atoms with Crippen LogP contribution in [-0.2, 0) is 7.05 Å². The molecule has 18 heavy (non-hydrogen) atoms. The van der Waals surface area contributed by atoms with Gasteiger partial charge < -0.3 is 4.57 Å². The molecular formula is C13H14ClN3S. The van der Waals surface area contributed by atoms with E-state index >= 15 is 0 Å². The number of halogens is 1. The first-order valence-electron chi connectivity index (χ1n) is 5.53. The predicted molar refractivity (Wildman–Crippen MR) is 78.1 cm³/mol. The van der Waals surface area contributed by atoms with Crippen LogP contribution in [0, 0.1) is 0 Å². The first-order valence-corrected chi connectivity index (χ1v) is 6.79. The van der Waals surface area contributed by atoms with Gasteiger partial charge in [0.15, 0.2) is 0 Å². The molecule has 1 aromatic heterocycles.